The van der Waals surface area contributed by atoms with Gasteiger partial charge in [-0.2, -0.15) is 0 Å². The van der Waals surface area contributed by atoms with Gasteiger partial charge in [0.2, 0.25) is 0 Å². The molecule has 1 aromatic rings. The van der Waals surface area contributed by atoms with E-state index in [1.165, 1.54) is 0 Å². The summed E-state index contributed by atoms with van der Waals surface area (Å²) in [4.78, 5) is 11.3. The first kappa shape index (κ1) is 10.5. The van der Waals surface area contributed by atoms with Gasteiger partial charge in [-0.1, -0.05) is 24.3 Å². The lowest BCUT2D eigenvalue weighted by Gasteiger charge is -2.03. The van der Waals surface area contributed by atoms with Gasteiger partial charge in [-0.3, -0.25) is 0 Å². The molecule has 0 heterocycles. The van der Waals surface area contributed by atoms with Crippen LogP contribution >= 0.6 is 0 Å². The summed E-state index contributed by atoms with van der Waals surface area (Å²) < 4.78 is 4.87. The first-order valence-corrected chi connectivity index (χ1v) is 4.58. The molecule has 0 bridgehead atoms. The molecular formula is C12H14O2. The van der Waals surface area contributed by atoms with Crippen molar-refractivity contribution in [2.45, 2.75) is 13.8 Å². The lowest BCUT2D eigenvalue weighted by molar-refractivity contribution is 0.0526. The van der Waals surface area contributed by atoms with Crippen molar-refractivity contribution in [1.82, 2.24) is 0 Å². The van der Waals surface area contributed by atoms with E-state index in [9.17, 15) is 4.79 Å². The number of hydrogen-bond acceptors (Lipinski definition) is 2. The van der Waals surface area contributed by atoms with Crippen molar-refractivity contribution in [1.29, 1.82) is 0 Å². The Labute approximate surface area is 84.2 Å². The number of allylic oxidation sites excluding steroid dienone is 1. The van der Waals surface area contributed by atoms with Crippen LogP contribution in [-0.4, -0.2) is 12.6 Å². The summed E-state index contributed by atoms with van der Waals surface area (Å²) in [5.41, 5.74) is 2.61. The molecule has 0 aliphatic rings. The number of carbonyl (C=O) groups excluding carboxylic acids is 1. The highest BCUT2D eigenvalue weighted by molar-refractivity contribution is 5.89. The van der Waals surface area contributed by atoms with Crippen molar-refractivity contribution < 1.29 is 9.53 Å². The molecule has 0 unspecified atom stereocenters. The van der Waals surface area contributed by atoms with Crippen molar-refractivity contribution in [2.75, 3.05) is 6.61 Å². The summed E-state index contributed by atoms with van der Waals surface area (Å²) >= 11 is 0. The lowest BCUT2D eigenvalue weighted by atomic mass is 10.1. The second-order valence-electron chi connectivity index (χ2n) is 3.08. The Morgan fingerprint density at radius 3 is 2.21 bits per heavy atom. The van der Waals surface area contributed by atoms with Crippen molar-refractivity contribution in [3.05, 3.63) is 42.0 Å². The molecular weight excluding hydrogens is 176 g/mol. The van der Waals surface area contributed by atoms with Gasteiger partial charge in [-0.05, 0) is 31.5 Å². The highest BCUT2D eigenvalue weighted by Gasteiger charge is 2.05. The zero-order valence-corrected chi connectivity index (χ0v) is 8.54. The summed E-state index contributed by atoms with van der Waals surface area (Å²) in [5.74, 6) is -0.277. The van der Waals surface area contributed by atoms with E-state index in [1.807, 2.05) is 19.1 Å². The van der Waals surface area contributed by atoms with Crippen molar-refractivity contribution in [3.63, 3.8) is 0 Å². The summed E-state index contributed by atoms with van der Waals surface area (Å²) in [6.45, 7) is 7.95. The smallest absolute Gasteiger partial charge is 0.338 e. The molecule has 0 fully saturated rings. The largest absolute Gasteiger partial charge is 0.462 e. The van der Waals surface area contributed by atoms with Gasteiger partial charge in [0.05, 0.1) is 12.2 Å². The van der Waals surface area contributed by atoms with E-state index in [-0.39, 0.29) is 5.97 Å². The summed E-state index contributed by atoms with van der Waals surface area (Å²) in [6.07, 6.45) is 0. The van der Waals surface area contributed by atoms with Crippen LogP contribution in [0.4, 0.5) is 0 Å². The van der Waals surface area contributed by atoms with Gasteiger partial charge in [0.25, 0.3) is 0 Å². The lowest BCUT2D eigenvalue weighted by Crippen LogP contribution is -2.04. The Kier molecular flexibility index (Phi) is 3.46. The van der Waals surface area contributed by atoms with E-state index in [0.29, 0.717) is 12.2 Å². The van der Waals surface area contributed by atoms with Crippen LogP contribution in [0.1, 0.15) is 29.8 Å². The van der Waals surface area contributed by atoms with Gasteiger partial charge in [0.15, 0.2) is 0 Å². The van der Waals surface area contributed by atoms with Crippen LogP contribution in [0.2, 0.25) is 0 Å². The quantitative estimate of drug-likeness (QED) is 0.685. The van der Waals surface area contributed by atoms with E-state index >= 15 is 0 Å². The Bertz CT molecular complexity index is 336. The minimum atomic E-state index is -0.277. The SMILES string of the molecule is C=C(C)c1ccc(C(=O)OCC)cc1. The Hall–Kier alpha value is -1.57. The maximum atomic E-state index is 11.3. The van der Waals surface area contributed by atoms with Crippen LogP contribution in [-0.2, 0) is 4.74 Å². The van der Waals surface area contributed by atoms with Crippen molar-refractivity contribution in [2.24, 2.45) is 0 Å². The predicted molar refractivity (Wildman–Crippen MR) is 57.1 cm³/mol. The predicted octanol–water partition coefficient (Wildman–Crippen LogP) is 2.90. The van der Waals surface area contributed by atoms with Crippen molar-refractivity contribution in [3.8, 4) is 0 Å². The fourth-order valence-electron chi connectivity index (χ4n) is 1.11. The highest BCUT2D eigenvalue weighted by atomic mass is 16.5. The maximum Gasteiger partial charge on any atom is 0.338 e. The molecule has 0 aliphatic carbocycles. The number of rotatable bonds is 3. The third kappa shape index (κ3) is 2.46. The van der Waals surface area contributed by atoms with Gasteiger partial charge in [0.1, 0.15) is 0 Å². The number of hydrogen-bond donors (Lipinski definition) is 0. The molecule has 1 rings (SSSR count). The molecule has 2 nitrogen and oxygen atoms in total. The topological polar surface area (TPSA) is 26.3 Å². The molecule has 0 saturated heterocycles. The summed E-state index contributed by atoms with van der Waals surface area (Å²) in [5, 5.41) is 0. The van der Waals surface area contributed by atoms with Gasteiger partial charge in [0, 0.05) is 0 Å². The third-order valence-electron chi connectivity index (χ3n) is 1.89. The van der Waals surface area contributed by atoms with Crippen molar-refractivity contribution >= 4 is 11.5 Å². The second kappa shape index (κ2) is 4.61. The minimum absolute atomic E-state index is 0.277. The van der Waals surface area contributed by atoms with Gasteiger partial charge < -0.3 is 4.74 Å². The second-order valence-corrected chi connectivity index (χ2v) is 3.08. The maximum absolute atomic E-state index is 11.3. The van der Waals surface area contributed by atoms with E-state index in [4.69, 9.17) is 4.74 Å². The summed E-state index contributed by atoms with van der Waals surface area (Å²) in [6, 6.07) is 7.24. The zero-order valence-electron chi connectivity index (χ0n) is 8.54. The first-order valence-electron chi connectivity index (χ1n) is 4.58. The Balaban J connectivity index is 2.83. The molecule has 2 heteroatoms. The third-order valence-corrected chi connectivity index (χ3v) is 1.89. The molecule has 74 valence electrons. The van der Waals surface area contributed by atoms with E-state index in [1.54, 1.807) is 19.1 Å². The van der Waals surface area contributed by atoms with Gasteiger partial charge in [-0.25, -0.2) is 4.79 Å². The molecule has 14 heavy (non-hydrogen) atoms. The standard InChI is InChI=1S/C12H14O2/c1-4-14-12(13)11-7-5-10(6-8-11)9(2)3/h5-8H,2,4H2,1,3H3. The molecule has 0 amide bonds. The average Bonchev–Trinajstić information content (AvgIpc) is 2.18. The first-order chi connectivity index (χ1) is 6.65. The van der Waals surface area contributed by atoms with Crippen LogP contribution in [0.25, 0.3) is 5.57 Å². The van der Waals surface area contributed by atoms with Gasteiger partial charge >= 0.3 is 5.97 Å². The van der Waals surface area contributed by atoms with Gasteiger partial charge in [-0.15, -0.1) is 0 Å². The molecule has 0 saturated carbocycles. The number of carbonyl (C=O) groups is 1. The fraction of sp³-hybridized carbons (Fsp3) is 0.250. The molecule has 0 radical (unpaired) electrons. The number of esters is 1. The number of benzene rings is 1. The molecule has 1 aromatic carbocycles. The molecule has 0 spiro atoms. The number of ether oxygens (including phenoxy) is 1. The van der Waals surface area contributed by atoms with E-state index in [2.05, 4.69) is 6.58 Å². The van der Waals surface area contributed by atoms with Crippen LogP contribution in [0.15, 0.2) is 30.8 Å². The Morgan fingerprint density at radius 2 is 1.79 bits per heavy atom. The Morgan fingerprint density at radius 1 is 1.29 bits per heavy atom. The van der Waals surface area contributed by atoms with Crippen LogP contribution in [0.3, 0.4) is 0 Å². The highest BCUT2D eigenvalue weighted by Crippen LogP contribution is 2.12. The monoisotopic (exact) mass is 190 g/mol. The molecule has 0 atom stereocenters. The normalized spacial score (nSPS) is 9.57. The molecule has 0 aliphatic heterocycles. The minimum Gasteiger partial charge on any atom is -0.462 e. The molecule has 0 N–H and O–H groups in total. The molecule has 0 aromatic heterocycles. The van der Waals surface area contributed by atoms with Crippen LogP contribution in [0, 0.1) is 0 Å². The van der Waals surface area contributed by atoms with E-state index in [0.717, 1.165) is 11.1 Å². The van der Waals surface area contributed by atoms with E-state index < -0.39 is 0 Å². The zero-order chi connectivity index (χ0) is 10.6. The van der Waals surface area contributed by atoms with Crippen LogP contribution < -0.4 is 0 Å². The van der Waals surface area contributed by atoms with Crippen LogP contribution in [0.5, 0.6) is 0 Å². The summed E-state index contributed by atoms with van der Waals surface area (Å²) in [7, 11) is 0. The fourth-order valence-corrected chi connectivity index (χ4v) is 1.11. The average molecular weight is 190 g/mol.